The Bertz CT molecular complexity index is 464. The number of fused-ring (bicyclic) bond motifs is 1. The van der Waals surface area contributed by atoms with Crippen LogP contribution in [0.25, 0.3) is 0 Å². The van der Waals surface area contributed by atoms with E-state index in [4.69, 9.17) is 4.74 Å². The molecule has 2 aliphatic rings. The molecule has 1 fully saturated rings. The lowest BCUT2D eigenvalue weighted by Crippen LogP contribution is -2.34. The van der Waals surface area contributed by atoms with E-state index in [1.807, 2.05) is 0 Å². The van der Waals surface area contributed by atoms with Crippen molar-refractivity contribution >= 4 is 5.78 Å². The molecule has 1 aliphatic carbocycles. The summed E-state index contributed by atoms with van der Waals surface area (Å²) >= 11 is 0. The van der Waals surface area contributed by atoms with Crippen LogP contribution in [-0.4, -0.2) is 11.9 Å². The normalized spacial score (nSPS) is 24.5. The first-order valence-electron chi connectivity index (χ1n) is 6.73. The third-order valence-corrected chi connectivity index (χ3v) is 4.08. The zero-order chi connectivity index (χ0) is 12.5. The van der Waals surface area contributed by atoms with Crippen molar-refractivity contribution in [1.29, 1.82) is 0 Å². The minimum atomic E-state index is -0.342. The molecule has 0 aromatic heterocycles. The van der Waals surface area contributed by atoms with E-state index in [2.05, 4.69) is 0 Å². The minimum absolute atomic E-state index is 0.0490. The number of rotatable bonds is 1. The van der Waals surface area contributed by atoms with Crippen LogP contribution in [0.15, 0.2) is 18.2 Å². The average Bonchev–Trinajstić information content (AvgIpc) is 2.39. The Morgan fingerprint density at radius 2 is 1.94 bits per heavy atom. The Hall–Kier alpha value is -1.38. The lowest BCUT2D eigenvalue weighted by molar-refractivity contribution is 0.0654. The Morgan fingerprint density at radius 3 is 2.72 bits per heavy atom. The molecular weight excluding hydrogens is 231 g/mol. The number of ether oxygens (including phenoxy) is 1. The van der Waals surface area contributed by atoms with Crippen molar-refractivity contribution in [1.82, 2.24) is 0 Å². The van der Waals surface area contributed by atoms with E-state index in [0.717, 1.165) is 12.8 Å². The van der Waals surface area contributed by atoms with Crippen molar-refractivity contribution < 1.29 is 13.9 Å². The number of carbonyl (C=O) groups is 1. The van der Waals surface area contributed by atoms with Crippen LogP contribution in [0.3, 0.4) is 0 Å². The van der Waals surface area contributed by atoms with Crippen molar-refractivity contribution in [2.24, 2.45) is 5.92 Å². The number of hydrogen-bond donors (Lipinski definition) is 0. The number of Topliss-reactive ketones (excluding diaryl/α,β-unsaturated/α-hetero) is 1. The second-order valence-electron chi connectivity index (χ2n) is 5.32. The molecule has 0 saturated heterocycles. The van der Waals surface area contributed by atoms with Gasteiger partial charge in [0.05, 0.1) is 5.56 Å². The van der Waals surface area contributed by atoms with Crippen LogP contribution in [0.5, 0.6) is 5.75 Å². The van der Waals surface area contributed by atoms with Crippen LogP contribution < -0.4 is 4.74 Å². The summed E-state index contributed by atoms with van der Waals surface area (Å²) in [6, 6.07) is 4.19. The highest BCUT2D eigenvalue weighted by molar-refractivity contribution is 5.99. The van der Waals surface area contributed by atoms with Crippen LogP contribution in [0.1, 0.15) is 48.9 Å². The molecule has 0 N–H and O–H groups in total. The molecule has 1 heterocycles. The first-order valence-corrected chi connectivity index (χ1v) is 6.73. The molecule has 18 heavy (non-hydrogen) atoms. The van der Waals surface area contributed by atoms with E-state index in [9.17, 15) is 9.18 Å². The van der Waals surface area contributed by atoms with Crippen LogP contribution in [-0.2, 0) is 0 Å². The Balaban J connectivity index is 1.83. The van der Waals surface area contributed by atoms with E-state index in [1.165, 1.54) is 37.5 Å². The zero-order valence-corrected chi connectivity index (χ0v) is 10.3. The van der Waals surface area contributed by atoms with Crippen molar-refractivity contribution in [3.05, 3.63) is 29.6 Å². The first-order chi connectivity index (χ1) is 8.74. The van der Waals surface area contributed by atoms with Crippen molar-refractivity contribution in [3.8, 4) is 5.75 Å². The van der Waals surface area contributed by atoms with Gasteiger partial charge in [-0.25, -0.2) is 4.39 Å². The summed E-state index contributed by atoms with van der Waals surface area (Å²) in [7, 11) is 0. The molecule has 1 aliphatic heterocycles. The monoisotopic (exact) mass is 248 g/mol. The molecule has 0 spiro atoms. The van der Waals surface area contributed by atoms with Crippen LogP contribution >= 0.6 is 0 Å². The van der Waals surface area contributed by atoms with E-state index in [1.54, 1.807) is 0 Å². The SMILES string of the molecule is O=C1CC(C2CCCCC2)Oc2cc(F)ccc21. The molecule has 0 amide bonds. The van der Waals surface area contributed by atoms with E-state index in [0.29, 0.717) is 23.7 Å². The van der Waals surface area contributed by atoms with Gasteiger partial charge in [0.2, 0.25) is 0 Å². The second kappa shape index (κ2) is 4.71. The highest BCUT2D eigenvalue weighted by Crippen LogP contribution is 2.36. The molecule has 3 rings (SSSR count). The Morgan fingerprint density at radius 1 is 1.17 bits per heavy atom. The summed E-state index contributed by atoms with van der Waals surface area (Å²) in [6.07, 6.45) is 6.37. The maximum absolute atomic E-state index is 13.2. The number of carbonyl (C=O) groups excluding carboxylic acids is 1. The van der Waals surface area contributed by atoms with Crippen molar-refractivity contribution in [3.63, 3.8) is 0 Å². The molecule has 1 aromatic carbocycles. The van der Waals surface area contributed by atoms with Gasteiger partial charge in [0.1, 0.15) is 17.7 Å². The van der Waals surface area contributed by atoms with Crippen molar-refractivity contribution in [2.75, 3.05) is 0 Å². The van der Waals surface area contributed by atoms with E-state index in [-0.39, 0.29) is 17.7 Å². The summed E-state index contributed by atoms with van der Waals surface area (Å²) in [5.41, 5.74) is 0.531. The van der Waals surface area contributed by atoms with Crippen LogP contribution in [0.2, 0.25) is 0 Å². The van der Waals surface area contributed by atoms with Crippen molar-refractivity contribution in [2.45, 2.75) is 44.6 Å². The number of halogens is 1. The largest absolute Gasteiger partial charge is 0.489 e. The number of ketones is 1. The standard InChI is InChI=1S/C15H17FO2/c16-11-6-7-12-13(17)9-14(18-15(12)8-11)10-4-2-1-3-5-10/h6-8,10,14H,1-5,9H2. The van der Waals surface area contributed by atoms with Crippen LogP contribution in [0, 0.1) is 11.7 Å². The van der Waals surface area contributed by atoms with Gasteiger partial charge in [0.15, 0.2) is 5.78 Å². The van der Waals surface area contributed by atoms with Crippen LogP contribution in [0.4, 0.5) is 4.39 Å². The van der Waals surface area contributed by atoms with E-state index < -0.39 is 0 Å². The van der Waals surface area contributed by atoms with Gasteiger partial charge < -0.3 is 4.74 Å². The van der Waals surface area contributed by atoms with Gasteiger partial charge >= 0.3 is 0 Å². The fourth-order valence-electron chi connectivity index (χ4n) is 3.09. The highest BCUT2D eigenvalue weighted by atomic mass is 19.1. The quantitative estimate of drug-likeness (QED) is 0.756. The molecule has 0 radical (unpaired) electrons. The third-order valence-electron chi connectivity index (χ3n) is 4.08. The summed E-state index contributed by atoms with van der Waals surface area (Å²) in [4.78, 5) is 12.0. The molecule has 96 valence electrons. The molecule has 1 atom stereocenters. The summed E-state index contributed by atoms with van der Waals surface area (Å²) in [5, 5.41) is 0. The Kier molecular flexibility index (Phi) is 3.06. The molecular formula is C15H17FO2. The van der Waals surface area contributed by atoms with Gasteiger partial charge in [-0.1, -0.05) is 19.3 Å². The molecule has 1 aromatic rings. The maximum Gasteiger partial charge on any atom is 0.170 e. The summed E-state index contributed by atoms with van der Waals surface area (Å²) in [6.45, 7) is 0. The topological polar surface area (TPSA) is 26.3 Å². The maximum atomic E-state index is 13.2. The fourth-order valence-corrected chi connectivity index (χ4v) is 3.09. The molecule has 1 saturated carbocycles. The lowest BCUT2D eigenvalue weighted by Gasteiger charge is -2.33. The smallest absolute Gasteiger partial charge is 0.170 e. The van der Waals surface area contributed by atoms with Gasteiger partial charge in [-0.05, 0) is 30.9 Å². The Labute approximate surface area is 106 Å². The summed E-state index contributed by atoms with van der Waals surface area (Å²) < 4.78 is 19.1. The zero-order valence-electron chi connectivity index (χ0n) is 10.3. The lowest BCUT2D eigenvalue weighted by atomic mass is 9.82. The predicted molar refractivity (Wildman–Crippen MR) is 66.3 cm³/mol. The summed E-state index contributed by atoms with van der Waals surface area (Å²) in [5.74, 6) is 0.638. The second-order valence-corrected chi connectivity index (χ2v) is 5.32. The molecule has 1 unspecified atom stereocenters. The van der Waals surface area contributed by atoms with Gasteiger partial charge in [0.25, 0.3) is 0 Å². The number of benzene rings is 1. The molecule has 2 nitrogen and oxygen atoms in total. The van der Waals surface area contributed by atoms with Gasteiger partial charge in [0, 0.05) is 12.5 Å². The van der Waals surface area contributed by atoms with E-state index >= 15 is 0 Å². The van der Waals surface area contributed by atoms with Gasteiger partial charge in [-0.2, -0.15) is 0 Å². The highest BCUT2D eigenvalue weighted by Gasteiger charge is 2.33. The third kappa shape index (κ3) is 2.14. The average molecular weight is 248 g/mol. The molecule has 0 bridgehead atoms. The predicted octanol–water partition coefficient (Wildman–Crippen LogP) is 3.74. The fraction of sp³-hybridized carbons (Fsp3) is 0.533. The molecule has 3 heteroatoms. The minimum Gasteiger partial charge on any atom is -0.489 e. The van der Waals surface area contributed by atoms with Gasteiger partial charge in [-0.15, -0.1) is 0 Å². The van der Waals surface area contributed by atoms with Gasteiger partial charge in [-0.3, -0.25) is 4.79 Å². The first kappa shape index (κ1) is 11.7. The number of hydrogen-bond acceptors (Lipinski definition) is 2.